The van der Waals surface area contributed by atoms with E-state index in [1.807, 2.05) is 30.3 Å². The second-order valence-corrected chi connectivity index (χ2v) is 4.45. The van der Waals surface area contributed by atoms with Crippen molar-refractivity contribution in [2.24, 2.45) is 0 Å². The number of nitrogens with one attached hydrogen (secondary N) is 1. The fourth-order valence-electron chi connectivity index (χ4n) is 1.40. The third-order valence-corrected chi connectivity index (χ3v) is 3.22. The van der Waals surface area contributed by atoms with Gasteiger partial charge in [0.25, 0.3) is 0 Å². The normalized spacial score (nSPS) is 9.79. The van der Waals surface area contributed by atoms with Gasteiger partial charge < -0.3 is 4.84 Å². The molecule has 0 saturated heterocycles. The second-order valence-electron chi connectivity index (χ2n) is 3.88. The molecule has 0 aliphatic heterocycles. The minimum absolute atomic E-state index is 0.311. The standard InChI is InChI=1S/C8H9ClN2OS.C6H4/c1-11(8(13)10-9)12-7-5-3-2-4-6-7;1-2-6-4-3-5(1)6/h2-6H,1H3,(H,10,13);1-4H. The molecule has 0 heterocycles. The highest BCUT2D eigenvalue weighted by molar-refractivity contribution is 7.80. The summed E-state index contributed by atoms with van der Waals surface area (Å²) in [4.78, 5) is 7.60. The molecule has 0 fully saturated rings. The number of rotatable bonds is 2. The van der Waals surface area contributed by atoms with Gasteiger partial charge >= 0.3 is 0 Å². The number of benzene rings is 2. The topological polar surface area (TPSA) is 24.5 Å². The number of hydrogen-bond acceptors (Lipinski definition) is 2. The lowest BCUT2D eigenvalue weighted by atomic mass is 10.1. The highest BCUT2D eigenvalue weighted by Crippen LogP contribution is 2.09. The van der Waals surface area contributed by atoms with Crippen LogP contribution >= 0.6 is 24.0 Å². The van der Waals surface area contributed by atoms with Gasteiger partial charge in [0.15, 0.2) is 5.75 Å². The molecule has 1 aromatic rings. The van der Waals surface area contributed by atoms with Gasteiger partial charge in [0.1, 0.15) is 0 Å². The summed E-state index contributed by atoms with van der Waals surface area (Å²) < 4.78 is 0. The Labute approximate surface area is 122 Å². The van der Waals surface area contributed by atoms with Crippen LogP contribution in [0.4, 0.5) is 0 Å². The van der Waals surface area contributed by atoms with Crippen LogP contribution in [-0.4, -0.2) is 17.2 Å². The van der Waals surface area contributed by atoms with Gasteiger partial charge in [-0.15, -0.1) is 0 Å². The molecule has 0 spiro atoms. The Kier molecular flexibility index (Phi) is 4.60. The SMILES string of the molecule is CN(Oc1ccccc1)C(=S)NCl.c1cc2ccc1=2. The van der Waals surface area contributed by atoms with Crippen LogP contribution in [0.15, 0.2) is 54.6 Å². The van der Waals surface area contributed by atoms with Crippen LogP contribution in [0.1, 0.15) is 0 Å². The lowest BCUT2D eigenvalue weighted by Gasteiger charge is -2.18. The Morgan fingerprint density at radius 1 is 1.05 bits per heavy atom. The maximum atomic E-state index is 5.31. The van der Waals surface area contributed by atoms with E-state index >= 15 is 0 Å². The van der Waals surface area contributed by atoms with E-state index in [2.05, 4.69) is 29.1 Å². The zero-order valence-corrected chi connectivity index (χ0v) is 11.9. The van der Waals surface area contributed by atoms with E-state index in [4.69, 9.17) is 28.8 Å². The molecule has 1 N–H and O–H groups in total. The number of nitrogens with zero attached hydrogens (tertiary/aromatic N) is 1. The van der Waals surface area contributed by atoms with Crippen molar-refractivity contribution in [2.75, 3.05) is 7.05 Å². The highest BCUT2D eigenvalue weighted by atomic mass is 35.5. The first-order valence-electron chi connectivity index (χ1n) is 5.68. The van der Waals surface area contributed by atoms with Crippen molar-refractivity contribution in [3.8, 4) is 5.75 Å². The van der Waals surface area contributed by atoms with E-state index in [1.54, 1.807) is 7.05 Å². The molecular weight excluding hydrogens is 280 g/mol. The van der Waals surface area contributed by atoms with Crippen LogP contribution in [0.5, 0.6) is 5.75 Å². The van der Waals surface area contributed by atoms with E-state index in [0.717, 1.165) is 0 Å². The molecule has 2 aliphatic carbocycles. The minimum Gasteiger partial charge on any atom is -0.378 e. The Morgan fingerprint density at radius 2 is 1.58 bits per heavy atom. The average molecular weight is 293 g/mol. The first-order valence-corrected chi connectivity index (χ1v) is 6.47. The molecule has 3 nitrogen and oxygen atoms in total. The van der Waals surface area contributed by atoms with Crippen LogP contribution in [0.25, 0.3) is 0 Å². The molecule has 0 bridgehead atoms. The van der Waals surface area contributed by atoms with E-state index in [-0.39, 0.29) is 0 Å². The van der Waals surface area contributed by atoms with Crippen molar-refractivity contribution < 1.29 is 4.84 Å². The number of thiocarbonyl (C=S) groups is 1. The van der Waals surface area contributed by atoms with Crippen molar-refractivity contribution in [1.82, 2.24) is 9.90 Å². The van der Waals surface area contributed by atoms with Crippen LogP contribution in [-0.2, 0) is 0 Å². The molecule has 2 aliphatic rings. The Balaban J connectivity index is 0.000000180. The highest BCUT2D eigenvalue weighted by Gasteiger charge is 2.03. The Hall–Kier alpha value is -1.78. The van der Waals surface area contributed by atoms with Crippen molar-refractivity contribution in [3.05, 3.63) is 65.0 Å². The van der Waals surface area contributed by atoms with Crippen LogP contribution < -0.4 is 9.67 Å². The van der Waals surface area contributed by atoms with E-state index in [0.29, 0.717) is 10.9 Å². The lowest BCUT2D eigenvalue weighted by Crippen LogP contribution is -2.34. The Morgan fingerprint density at radius 3 is 1.95 bits per heavy atom. The van der Waals surface area contributed by atoms with Gasteiger partial charge in [0, 0.05) is 18.8 Å². The largest absolute Gasteiger partial charge is 0.378 e. The quantitative estimate of drug-likeness (QED) is 0.445. The molecule has 0 amide bonds. The predicted octanol–water partition coefficient (Wildman–Crippen LogP) is 3.23. The third kappa shape index (κ3) is 3.59. The summed E-state index contributed by atoms with van der Waals surface area (Å²) in [5.74, 6) is 0.708. The molecule has 0 aromatic heterocycles. The van der Waals surface area contributed by atoms with E-state index in [9.17, 15) is 0 Å². The summed E-state index contributed by atoms with van der Waals surface area (Å²) in [7, 11) is 1.67. The molecule has 3 rings (SSSR count). The summed E-state index contributed by atoms with van der Waals surface area (Å²) in [5.41, 5.74) is 0. The fraction of sp³-hybridized carbons (Fsp3) is 0.0714. The zero-order chi connectivity index (χ0) is 13.7. The van der Waals surface area contributed by atoms with Gasteiger partial charge in [-0.1, -0.05) is 42.5 Å². The average Bonchev–Trinajstić information content (AvgIpc) is 2.43. The summed E-state index contributed by atoms with van der Waals surface area (Å²) >= 11 is 10.1. The Bertz CT molecular complexity index is 598. The van der Waals surface area contributed by atoms with Crippen LogP contribution in [0.2, 0.25) is 0 Å². The maximum Gasteiger partial charge on any atom is 0.216 e. The zero-order valence-electron chi connectivity index (χ0n) is 10.3. The molecule has 0 unspecified atom stereocenters. The van der Waals surface area contributed by atoms with Gasteiger partial charge in [-0.3, -0.25) is 4.84 Å². The molecule has 5 heteroatoms. The third-order valence-electron chi connectivity index (χ3n) is 2.57. The van der Waals surface area contributed by atoms with Gasteiger partial charge in [-0.25, -0.2) is 0 Å². The van der Waals surface area contributed by atoms with Crippen molar-refractivity contribution >= 4 is 29.1 Å². The molecule has 1 aromatic carbocycles. The van der Waals surface area contributed by atoms with Gasteiger partial charge in [0.05, 0.1) is 0 Å². The van der Waals surface area contributed by atoms with Crippen LogP contribution in [0, 0.1) is 10.4 Å². The summed E-state index contributed by atoms with van der Waals surface area (Å²) in [6.07, 6.45) is 0. The summed E-state index contributed by atoms with van der Waals surface area (Å²) in [5, 5.41) is 4.54. The smallest absolute Gasteiger partial charge is 0.216 e. The van der Waals surface area contributed by atoms with E-state index in [1.165, 1.54) is 15.5 Å². The first-order chi connectivity index (χ1) is 9.20. The van der Waals surface area contributed by atoms with Crippen LogP contribution in [0.3, 0.4) is 0 Å². The number of hydroxylamine groups is 2. The van der Waals surface area contributed by atoms with Crippen molar-refractivity contribution in [1.29, 1.82) is 0 Å². The lowest BCUT2D eigenvalue weighted by molar-refractivity contribution is 0.0483. The maximum absolute atomic E-state index is 5.31. The van der Waals surface area contributed by atoms with Gasteiger partial charge in [-0.2, -0.15) is 5.06 Å². The van der Waals surface area contributed by atoms with Crippen molar-refractivity contribution in [2.45, 2.75) is 0 Å². The predicted molar refractivity (Wildman–Crippen MR) is 80.5 cm³/mol. The fourth-order valence-corrected chi connectivity index (χ4v) is 1.56. The molecule has 0 radical (unpaired) electrons. The minimum atomic E-state index is 0.311. The summed E-state index contributed by atoms with van der Waals surface area (Å²) in [6.45, 7) is 0. The molecule has 19 heavy (non-hydrogen) atoms. The molecular formula is C14H13ClN2OS. The molecule has 0 atom stereocenters. The van der Waals surface area contributed by atoms with E-state index < -0.39 is 0 Å². The van der Waals surface area contributed by atoms with Gasteiger partial charge in [0.2, 0.25) is 5.11 Å². The molecule has 0 saturated carbocycles. The summed E-state index contributed by atoms with van der Waals surface area (Å²) in [6, 6.07) is 17.8. The number of hydrogen-bond donors (Lipinski definition) is 1. The monoisotopic (exact) mass is 292 g/mol. The van der Waals surface area contributed by atoms with Gasteiger partial charge in [-0.05, 0) is 34.8 Å². The number of halogens is 1. The van der Waals surface area contributed by atoms with Crippen molar-refractivity contribution in [3.63, 3.8) is 0 Å². The first kappa shape index (κ1) is 13.6. The molecule has 98 valence electrons. The number of para-hydroxylation sites is 1. The second kappa shape index (κ2) is 6.41.